The molecule has 1 N–H and O–H groups in total. The van der Waals surface area contributed by atoms with Gasteiger partial charge in [0.25, 0.3) is 5.91 Å². The van der Waals surface area contributed by atoms with Crippen molar-refractivity contribution in [2.45, 2.75) is 0 Å². The van der Waals surface area contributed by atoms with E-state index in [-0.39, 0.29) is 5.91 Å². The Balaban J connectivity index is 1.79. The highest BCUT2D eigenvalue weighted by atomic mass is 16.5. The van der Waals surface area contributed by atoms with Crippen LogP contribution >= 0.6 is 0 Å². The van der Waals surface area contributed by atoms with Crippen LogP contribution < -0.4 is 10.2 Å². The van der Waals surface area contributed by atoms with Gasteiger partial charge < -0.3 is 15.0 Å². The number of amides is 1. The molecule has 5 heteroatoms. The highest BCUT2D eigenvalue weighted by molar-refractivity contribution is 6.06. The van der Waals surface area contributed by atoms with Crippen molar-refractivity contribution in [2.24, 2.45) is 0 Å². The number of benzene rings is 2. The lowest BCUT2D eigenvalue weighted by Crippen LogP contribution is -2.36. The zero-order chi connectivity index (χ0) is 16.1. The molecule has 116 valence electrons. The third kappa shape index (κ3) is 3.50. The molecule has 1 aliphatic rings. The first-order valence-corrected chi connectivity index (χ1v) is 7.51. The van der Waals surface area contributed by atoms with Crippen LogP contribution in [0.5, 0.6) is 0 Å². The Kier molecular flexibility index (Phi) is 4.55. The number of nitrogens with one attached hydrogen (secondary N) is 1. The van der Waals surface area contributed by atoms with E-state index < -0.39 is 0 Å². The second-order valence-corrected chi connectivity index (χ2v) is 5.26. The van der Waals surface area contributed by atoms with E-state index in [4.69, 9.17) is 10.00 Å². The molecule has 3 rings (SSSR count). The second-order valence-electron chi connectivity index (χ2n) is 5.26. The molecule has 0 spiro atoms. The maximum Gasteiger partial charge on any atom is 0.255 e. The summed E-state index contributed by atoms with van der Waals surface area (Å²) >= 11 is 0. The Labute approximate surface area is 135 Å². The molecule has 0 aliphatic carbocycles. The summed E-state index contributed by atoms with van der Waals surface area (Å²) < 4.78 is 5.38. The van der Waals surface area contributed by atoms with Gasteiger partial charge in [0.1, 0.15) is 0 Å². The molecule has 0 atom stereocenters. The predicted octanol–water partition coefficient (Wildman–Crippen LogP) is 2.65. The molecule has 0 unspecified atom stereocenters. The molecule has 23 heavy (non-hydrogen) atoms. The van der Waals surface area contributed by atoms with E-state index in [1.807, 2.05) is 30.3 Å². The maximum atomic E-state index is 12.4. The van der Waals surface area contributed by atoms with Gasteiger partial charge in [0.05, 0.1) is 36.2 Å². The van der Waals surface area contributed by atoms with Crippen molar-refractivity contribution in [1.82, 2.24) is 0 Å². The number of para-hydroxylation sites is 2. The van der Waals surface area contributed by atoms with Crippen LogP contribution in [0, 0.1) is 11.3 Å². The first-order chi connectivity index (χ1) is 11.3. The standard InChI is InChI=1S/C18H17N3O2/c19-13-14-5-7-15(8-6-14)18(22)20-16-3-1-2-4-17(16)21-9-11-23-12-10-21/h1-8H,9-12H2,(H,20,22). The van der Waals surface area contributed by atoms with Gasteiger partial charge in [-0.1, -0.05) is 12.1 Å². The number of nitrogens with zero attached hydrogens (tertiary/aromatic N) is 2. The van der Waals surface area contributed by atoms with Gasteiger partial charge in [-0.25, -0.2) is 0 Å². The van der Waals surface area contributed by atoms with E-state index in [0.29, 0.717) is 24.3 Å². The lowest BCUT2D eigenvalue weighted by atomic mass is 10.1. The summed E-state index contributed by atoms with van der Waals surface area (Å²) in [5, 5.41) is 11.8. The number of anilines is 2. The Hall–Kier alpha value is -2.84. The normalized spacial score (nSPS) is 14.1. The Morgan fingerprint density at radius 2 is 1.78 bits per heavy atom. The number of nitriles is 1. The zero-order valence-corrected chi connectivity index (χ0v) is 12.7. The van der Waals surface area contributed by atoms with Gasteiger partial charge in [0, 0.05) is 18.7 Å². The highest BCUT2D eigenvalue weighted by Gasteiger charge is 2.16. The molecule has 2 aromatic carbocycles. The van der Waals surface area contributed by atoms with Crippen LogP contribution in [-0.2, 0) is 4.74 Å². The van der Waals surface area contributed by atoms with Crippen molar-refractivity contribution < 1.29 is 9.53 Å². The smallest absolute Gasteiger partial charge is 0.255 e. The fourth-order valence-corrected chi connectivity index (χ4v) is 2.55. The molecule has 1 saturated heterocycles. The zero-order valence-electron chi connectivity index (χ0n) is 12.7. The van der Waals surface area contributed by atoms with Gasteiger partial charge in [-0.05, 0) is 36.4 Å². The van der Waals surface area contributed by atoms with Gasteiger partial charge in [-0.2, -0.15) is 5.26 Å². The summed E-state index contributed by atoms with van der Waals surface area (Å²) in [5.41, 5.74) is 2.85. The van der Waals surface area contributed by atoms with E-state index in [0.717, 1.165) is 24.5 Å². The van der Waals surface area contributed by atoms with E-state index in [2.05, 4.69) is 10.2 Å². The van der Waals surface area contributed by atoms with Crippen molar-refractivity contribution in [3.05, 3.63) is 59.7 Å². The highest BCUT2D eigenvalue weighted by Crippen LogP contribution is 2.26. The third-order valence-corrected chi connectivity index (χ3v) is 3.78. The molecule has 0 radical (unpaired) electrons. The number of hydrogen-bond donors (Lipinski definition) is 1. The number of hydrogen-bond acceptors (Lipinski definition) is 4. The summed E-state index contributed by atoms with van der Waals surface area (Å²) in [4.78, 5) is 14.6. The number of carbonyl (C=O) groups excluding carboxylic acids is 1. The summed E-state index contributed by atoms with van der Waals surface area (Å²) in [7, 11) is 0. The van der Waals surface area contributed by atoms with Gasteiger partial charge in [0.2, 0.25) is 0 Å². The Morgan fingerprint density at radius 1 is 1.09 bits per heavy atom. The van der Waals surface area contributed by atoms with Gasteiger partial charge >= 0.3 is 0 Å². The summed E-state index contributed by atoms with van der Waals surface area (Å²) in [6.45, 7) is 3.00. The van der Waals surface area contributed by atoms with E-state index in [1.165, 1.54) is 0 Å². The maximum absolute atomic E-state index is 12.4. The van der Waals surface area contributed by atoms with Crippen molar-refractivity contribution in [3.63, 3.8) is 0 Å². The predicted molar refractivity (Wildman–Crippen MR) is 88.6 cm³/mol. The van der Waals surface area contributed by atoms with Crippen LogP contribution in [-0.4, -0.2) is 32.2 Å². The topological polar surface area (TPSA) is 65.4 Å². The fourth-order valence-electron chi connectivity index (χ4n) is 2.55. The molecule has 5 nitrogen and oxygen atoms in total. The minimum atomic E-state index is -0.185. The Morgan fingerprint density at radius 3 is 2.48 bits per heavy atom. The summed E-state index contributed by atoms with van der Waals surface area (Å²) in [6.07, 6.45) is 0. The fraction of sp³-hybridized carbons (Fsp3) is 0.222. The first kappa shape index (κ1) is 15.1. The number of ether oxygens (including phenoxy) is 1. The molecule has 1 amide bonds. The quantitative estimate of drug-likeness (QED) is 0.946. The lowest BCUT2D eigenvalue weighted by molar-refractivity contribution is 0.102. The van der Waals surface area contributed by atoms with Gasteiger partial charge in [0.15, 0.2) is 0 Å². The van der Waals surface area contributed by atoms with Crippen molar-refractivity contribution in [1.29, 1.82) is 5.26 Å². The average Bonchev–Trinajstić information content (AvgIpc) is 2.63. The van der Waals surface area contributed by atoms with Crippen molar-refractivity contribution in [2.75, 3.05) is 36.5 Å². The second kappa shape index (κ2) is 6.95. The van der Waals surface area contributed by atoms with Gasteiger partial charge in [-0.15, -0.1) is 0 Å². The van der Waals surface area contributed by atoms with Crippen LogP contribution in [0.15, 0.2) is 48.5 Å². The minimum absolute atomic E-state index is 0.185. The number of carbonyl (C=O) groups is 1. The Bertz CT molecular complexity index is 729. The molecule has 2 aromatic rings. The van der Waals surface area contributed by atoms with Crippen LogP contribution in [0.2, 0.25) is 0 Å². The number of morpholine rings is 1. The van der Waals surface area contributed by atoms with Crippen LogP contribution in [0.25, 0.3) is 0 Å². The molecule has 1 heterocycles. The van der Waals surface area contributed by atoms with Crippen LogP contribution in [0.1, 0.15) is 15.9 Å². The molecule has 0 saturated carbocycles. The summed E-state index contributed by atoms with van der Waals surface area (Å²) in [6, 6.07) is 16.4. The molecule has 0 bridgehead atoms. The lowest BCUT2D eigenvalue weighted by Gasteiger charge is -2.30. The average molecular weight is 307 g/mol. The van der Waals surface area contributed by atoms with Crippen molar-refractivity contribution in [3.8, 4) is 6.07 Å². The van der Waals surface area contributed by atoms with E-state index >= 15 is 0 Å². The minimum Gasteiger partial charge on any atom is -0.378 e. The van der Waals surface area contributed by atoms with Crippen LogP contribution in [0.4, 0.5) is 11.4 Å². The van der Waals surface area contributed by atoms with E-state index in [1.54, 1.807) is 24.3 Å². The monoisotopic (exact) mass is 307 g/mol. The SMILES string of the molecule is N#Cc1ccc(C(=O)Nc2ccccc2N2CCOCC2)cc1. The third-order valence-electron chi connectivity index (χ3n) is 3.78. The molecular weight excluding hydrogens is 290 g/mol. The molecule has 0 aromatic heterocycles. The largest absolute Gasteiger partial charge is 0.378 e. The van der Waals surface area contributed by atoms with Crippen LogP contribution in [0.3, 0.4) is 0 Å². The van der Waals surface area contributed by atoms with Crippen molar-refractivity contribution >= 4 is 17.3 Å². The number of rotatable bonds is 3. The molecule has 1 aliphatic heterocycles. The summed E-state index contributed by atoms with van der Waals surface area (Å²) in [5.74, 6) is -0.185. The van der Waals surface area contributed by atoms with E-state index in [9.17, 15) is 4.79 Å². The molecular formula is C18H17N3O2. The first-order valence-electron chi connectivity index (χ1n) is 7.51. The molecule has 1 fully saturated rings. The van der Waals surface area contributed by atoms with Gasteiger partial charge in [-0.3, -0.25) is 4.79 Å².